The van der Waals surface area contributed by atoms with Gasteiger partial charge in [-0.3, -0.25) is 4.79 Å². The topological polar surface area (TPSA) is 58.6 Å². The highest BCUT2D eigenvalue weighted by atomic mass is 35.5. The lowest BCUT2D eigenvalue weighted by Crippen LogP contribution is -2.40. The van der Waals surface area contributed by atoms with Crippen LogP contribution < -0.4 is 10.1 Å². The van der Waals surface area contributed by atoms with Crippen molar-refractivity contribution < 1.29 is 14.6 Å². The maximum Gasteiger partial charge on any atom is 0.258 e. The van der Waals surface area contributed by atoms with E-state index in [1.807, 2.05) is 0 Å². The van der Waals surface area contributed by atoms with Crippen LogP contribution >= 0.6 is 11.6 Å². The highest BCUT2D eigenvalue weighted by Crippen LogP contribution is 2.18. The van der Waals surface area contributed by atoms with E-state index in [9.17, 15) is 9.90 Å². The molecule has 0 aromatic heterocycles. The molecular weight excluding hydrogens is 266 g/mol. The molecule has 0 bridgehead atoms. The minimum absolute atomic E-state index is 0.000681. The highest BCUT2D eigenvalue weighted by molar-refractivity contribution is 6.30. The molecule has 0 spiro atoms. The number of hydrogen-bond acceptors (Lipinski definition) is 3. The van der Waals surface area contributed by atoms with Gasteiger partial charge in [-0.15, -0.1) is 0 Å². The number of ether oxygens (including phenoxy) is 1. The van der Waals surface area contributed by atoms with Crippen molar-refractivity contribution in [2.45, 2.75) is 37.8 Å². The van der Waals surface area contributed by atoms with Crippen LogP contribution in [0.5, 0.6) is 5.75 Å². The molecule has 0 atom stereocenters. The fraction of sp³-hybridized carbons (Fsp3) is 0.500. The first-order chi connectivity index (χ1) is 9.13. The minimum Gasteiger partial charge on any atom is -0.484 e. The number of aliphatic hydroxyl groups excluding tert-OH is 1. The van der Waals surface area contributed by atoms with Crippen molar-refractivity contribution in [3.63, 3.8) is 0 Å². The van der Waals surface area contributed by atoms with Gasteiger partial charge in [-0.05, 0) is 49.9 Å². The largest absolute Gasteiger partial charge is 0.484 e. The Bertz CT molecular complexity index is 413. The van der Waals surface area contributed by atoms with Crippen LogP contribution in [0.25, 0.3) is 0 Å². The average molecular weight is 284 g/mol. The van der Waals surface area contributed by atoms with Gasteiger partial charge >= 0.3 is 0 Å². The lowest BCUT2D eigenvalue weighted by molar-refractivity contribution is -0.124. The SMILES string of the molecule is O=C(COc1ccc(Cl)cc1)NC1CCC(O)CC1. The number of aliphatic hydroxyl groups is 1. The molecule has 1 saturated carbocycles. The molecule has 1 aromatic carbocycles. The van der Waals surface area contributed by atoms with Crippen molar-refractivity contribution in [2.24, 2.45) is 0 Å². The summed E-state index contributed by atoms with van der Waals surface area (Å²) in [5.74, 6) is 0.495. The number of carbonyl (C=O) groups is 1. The number of nitrogens with one attached hydrogen (secondary N) is 1. The molecular formula is C14H18ClNO3. The predicted molar refractivity (Wildman–Crippen MR) is 73.4 cm³/mol. The smallest absolute Gasteiger partial charge is 0.258 e. The number of rotatable bonds is 4. The zero-order valence-electron chi connectivity index (χ0n) is 10.6. The van der Waals surface area contributed by atoms with Gasteiger partial charge in [0.05, 0.1) is 6.10 Å². The molecule has 0 unspecified atom stereocenters. The van der Waals surface area contributed by atoms with Gasteiger partial charge in [0.2, 0.25) is 0 Å². The van der Waals surface area contributed by atoms with E-state index in [2.05, 4.69) is 5.32 Å². The van der Waals surface area contributed by atoms with Crippen LogP contribution in [-0.4, -0.2) is 29.8 Å². The number of halogens is 1. The molecule has 0 heterocycles. The molecule has 0 aliphatic heterocycles. The number of benzene rings is 1. The van der Waals surface area contributed by atoms with E-state index in [0.717, 1.165) is 25.7 Å². The standard InChI is InChI=1S/C14H18ClNO3/c15-10-1-7-13(8-2-10)19-9-14(18)16-11-3-5-12(17)6-4-11/h1-2,7-8,11-12,17H,3-6,9H2,(H,16,18). The van der Waals surface area contributed by atoms with Crippen molar-refractivity contribution in [2.75, 3.05) is 6.61 Å². The molecule has 1 amide bonds. The highest BCUT2D eigenvalue weighted by Gasteiger charge is 2.20. The second kappa shape index (κ2) is 6.78. The quantitative estimate of drug-likeness (QED) is 0.890. The van der Waals surface area contributed by atoms with Crippen LogP contribution in [0.4, 0.5) is 0 Å². The summed E-state index contributed by atoms with van der Waals surface area (Å²) in [6.45, 7) is 0.000681. The van der Waals surface area contributed by atoms with Gasteiger partial charge in [-0.2, -0.15) is 0 Å². The number of carbonyl (C=O) groups excluding carboxylic acids is 1. The molecule has 2 N–H and O–H groups in total. The number of hydrogen-bond donors (Lipinski definition) is 2. The predicted octanol–water partition coefficient (Wildman–Crippen LogP) is 2.14. The van der Waals surface area contributed by atoms with Crippen LogP contribution in [0.3, 0.4) is 0 Å². The summed E-state index contributed by atoms with van der Waals surface area (Å²) in [6, 6.07) is 7.05. The Balaban J connectivity index is 1.71. The van der Waals surface area contributed by atoms with Gasteiger partial charge in [0, 0.05) is 11.1 Å². The van der Waals surface area contributed by atoms with Crippen LogP contribution in [0.15, 0.2) is 24.3 Å². The Labute approximate surface area is 117 Å². The van der Waals surface area contributed by atoms with E-state index < -0.39 is 0 Å². The Morgan fingerprint density at radius 3 is 2.53 bits per heavy atom. The van der Waals surface area contributed by atoms with E-state index in [4.69, 9.17) is 16.3 Å². The van der Waals surface area contributed by atoms with Gasteiger partial charge < -0.3 is 15.2 Å². The summed E-state index contributed by atoms with van der Waals surface area (Å²) in [5, 5.41) is 12.9. The van der Waals surface area contributed by atoms with Crippen LogP contribution in [0, 0.1) is 0 Å². The maximum absolute atomic E-state index is 11.7. The van der Waals surface area contributed by atoms with Crippen molar-refractivity contribution in [1.29, 1.82) is 0 Å². The normalized spacial score (nSPS) is 22.8. The Kier molecular flexibility index (Phi) is 5.05. The summed E-state index contributed by atoms with van der Waals surface area (Å²) >= 11 is 5.76. The van der Waals surface area contributed by atoms with Crippen molar-refractivity contribution >= 4 is 17.5 Å². The van der Waals surface area contributed by atoms with E-state index in [1.54, 1.807) is 24.3 Å². The molecule has 104 valence electrons. The van der Waals surface area contributed by atoms with Crippen LogP contribution in [0.1, 0.15) is 25.7 Å². The first-order valence-corrected chi connectivity index (χ1v) is 6.87. The molecule has 2 rings (SSSR count). The zero-order valence-corrected chi connectivity index (χ0v) is 11.4. The molecule has 1 aromatic rings. The Hall–Kier alpha value is -1.26. The summed E-state index contributed by atoms with van der Waals surface area (Å²) in [6.07, 6.45) is 2.95. The van der Waals surface area contributed by atoms with Gasteiger partial charge in [-0.25, -0.2) is 0 Å². The summed E-state index contributed by atoms with van der Waals surface area (Å²) in [5.41, 5.74) is 0. The van der Waals surface area contributed by atoms with Crippen molar-refractivity contribution in [1.82, 2.24) is 5.32 Å². The third-order valence-corrected chi connectivity index (χ3v) is 3.50. The van der Waals surface area contributed by atoms with Gasteiger partial charge in [0.25, 0.3) is 5.91 Å². The summed E-state index contributed by atoms with van der Waals surface area (Å²) < 4.78 is 5.37. The average Bonchev–Trinajstić information content (AvgIpc) is 2.41. The molecule has 0 radical (unpaired) electrons. The molecule has 5 heteroatoms. The third-order valence-electron chi connectivity index (χ3n) is 3.25. The van der Waals surface area contributed by atoms with Crippen LogP contribution in [-0.2, 0) is 4.79 Å². The fourth-order valence-electron chi connectivity index (χ4n) is 2.17. The lowest BCUT2D eigenvalue weighted by atomic mass is 9.93. The van der Waals surface area contributed by atoms with Crippen molar-refractivity contribution in [3.8, 4) is 5.75 Å². The van der Waals surface area contributed by atoms with Gasteiger partial charge in [-0.1, -0.05) is 11.6 Å². The molecule has 0 saturated heterocycles. The first-order valence-electron chi connectivity index (χ1n) is 6.49. The monoisotopic (exact) mass is 283 g/mol. The van der Waals surface area contributed by atoms with Gasteiger partial charge in [0.15, 0.2) is 6.61 Å². The maximum atomic E-state index is 11.7. The lowest BCUT2D eigenvalue weighted by Gasteiger charge is -2.26. The molecule has 1 aliphatic carbocycles. The second-order valence-corrected chi connectivity index (χ2v) is 5.25. The number of amides is 1. The van der Waals surface area contributed by atoms with Crippen molar-refractivity contribution in [3.05, 3.63) is 29.3 Å². The molecule has 1 fully saturated rings. The Morgan fingerprint density at radius 1 is 1.26 bits per heavy atom. The zero-order chi connectivity index (χ0) is 13.7. The van der Waals surface area contributed by atoms with E-state index in [1.165, 1.54) is 0 Å². The fourth-order valence-corrected chi connectivity index (χ4v) is 2.30. The minimum atomic E-state index is -0.210. The summed E-state index contributed by atoms with van der Waals surface area (Å²) in [4.78, 5) is 11.7. The first kappa shape index (κ1) is 14.2. The van der Waals surface area contributed by atoms with E-state index >= 15 is 0 Å². The second-order valence-electron chi connectivity index (χ2n) is 4.82. The molecule has 4 nitrogen and oxygen atoms in total. The van der Waals surface area contributed by atoms with E-state index in [0.29, 0.717) is 10.8 Å². The van der Waals surface area contributed by atoms with Gasteiger partial charge in [0.1, 0.15) is 5.75 Å². The third kappa shape index (κ3) is 4.73. The summed E-state index contributed by atoms with van der Waals surface area (Å²) in [7, 11) is 0. The Morgan fingerprint density at radius 2 is 1.89 bits per heavy atom. The van der Waals surface area contributed by atoms with E-state index in [-0.39, 0.29) is 24.7 Å². The molecule has 1 aliphatic rings. The van der Waals surface area contributed by atoms with Crippen LogP contribution in [0.2, 0.25) is 5.02 Å². The molecule has 19 heavy (non-hydrogen) atoms.